The molecule has 0 fully saturated rings. The fraction of sp³-hybridized carbons (Fsp3) is 0.0476. The molecule has 3 rings (SSSR count). The van der Waals surface area contributed by atoms with Gasteiger partial charge in [0.15, 0.2) is 0 Å². The first-order valence-corrected chi connectivity index (χ1v) is 8.28. The molecule has 0 bridgehead atoms. The van der Waals surface area contributed by atoms with Crippen molar-refractivity contribution in [3.8, 4) is 11.5 Å². The summed E-state index contributed by atoms with van der Waals surface area (Å²) < 4.78 is 10.4. The van der Waals surface area contributed by atoms with E-state index in [2.05, 4.69) is 4.99 Å². The zero-order chi connectivity index (χ0) is 18.4. The Morgan fingerprint density at radius 1 is 0.962 bits per heavy atom. The average molecular weight is 366 g/mol. The van der Waals surface area contributed by atoms with Crippen molar-refractivity contribution in [3.63, 3.8) is 0 Å². The van der Waals surface area contributed by atoms with Crippen molar-refractivity contribution in [3.05, 3.63) is 88.9 Å². The number of ether oxygens (including phenoxy) is 2. The number of carbonyl (C=O) groups is 1. The number of hydrogen-bond acceptors (Lipinski definition) is 4. The van der Waals surface area contributed by atoms with Crippen molar-refractivity contribution in [1.82, 2.24) is 0 Å². The fourth-order valence-corrected chi connectivity index (χ4v) is 2.41. The van der Waals surface area contributed by atoms with Gasteiger partial charge in [0.05, 0.1) is 18.4 Å². The van der Waals surface area contributed by atoms with Crippen molar-refractivity contribution in [2.45, 2.75) is 0 Å². The van der Waals surface area contributed by atoms with E-state index >= 15 is 0 Å². The number of carbonyl (C=O) groups excluding carboxylic acids is 1. The lowest BCUT2D eigenvalue weighted by molar-refractivity contribution is 0.0734. The molecule has 0 heterocycles. The first kappa shape index (κ1) is 17.7. The van der Waals surface area contributed by atoms with Crippen LogP contribution in [0.4, 0.5) is 5.69 Å². The molecular weight excluding hydrogens is 350 g/mol. The minimum absolute atomic E-state index is 0.423. The van der Waals surface area contributed by atoms with Gasteiger partial charge >= 0.3 is 5.97 Å². The van der Waals surface area contributed by atoms with Crippen molar-refractivity contribution in [1.29, 1.82) is 0 Å². The third kappa shape index (κ3) is 4.71. The fourth-order valence-electron chi connectivity index (χ4n) is 2.22. The summed E-state index contributed by atoms with van der Waals surface area (Å²) in [5.74, 6) is 0.726. The molecule has 0 aromatic heterocycles. The normalized spacial score (nSPS) is 10.7. The van der Waals surface area contributed by atoms with Crippen LogP contribution in [0.5, 0.6) is 11.5 Å². The Labute approximate surface area is 156 Å². The first-order valence-electron chi connectivity index (χ1n) is 7.90. The molecule has 4 nitrogen and oxygen atoms in total. The molecule has 5 heteroatoms. The maximum atomic E-state index is 12.1. The topological polar surface area (TPSA) is 47.9 Å². The standard InChI is InChI=1S/C21H16ClNO3/c1-25-19-11-7-16(8-12-19)21(24)26-20-9-5-15(6-10-20)14-23-18-4-2-3-17(22)13-18/h2-14H,1H3. The molecule has 0 unspecified atom stereocenters. The van der Waals surface area contributed by atoms with Crippen molar-refractivity contribution < 1.29 is 14.3 Å². The van der Waals surface area contributed by atoms with Gasteiger partial charge in [-0.3, -0.25) is 4.99 Å². The van der Waals surface area contributed by atoms with Gasteiger partial charge in [-0.25, -0.2) is 4.79 Å². The van der Waals surface area contributed by atoms with E-state index < -0.39 is 5.97 Å². The second-order valence-corrected chi connectivity index (χ2v) is 5.86. The van der Waals surface area contributed by atoms with Crippen LogP contribution in [0.15, 0.2) is 77.8 Å². The van der Waals surface area contributed by atoms with E-state index in [1.54, 1.807) is 61.9 Å². The highest BCUT2D eigenvalue weighted by Gasteiger charge is 2.08. The minimum Gasteiger partial charge on any atom is -0.497 e. The summed E-state index contributed by atoms with van der Waals surface area (Å²) in [6.07, 6.45) is 1.72. The van der Waals surface area contributed by atoms with Gasteiger partial charge in [0.2, 0.25) is 0 Å². The molecule has 0 saturated carbocycles. The van der Waals surface area contributed by atoms with Gasteiger partial charge in [-0.05, 0) is 72.3 Å². The Bertz CT molecular complexity index is 919. The molecule has 0 aliphatic rings. The highest BCUT2D eigenvalue weighted by atomic mass is 35.5. The Kier molecular flexibility index (Phi) is 5.66. The van der Waals surface area contributed by atoms with Crippen LogP contribution in [0.2, 0.25) is 5.02 Å². The number of esters is 1. The van der Waals surface area contributed by atoms with Gasteiger partial charge in [-0.2, -0.15) is 0 Å². The van der Waals surface area contributed by atoms with Crippen molar-refractivity contribution in [2.24, 2.45) is 4.99 Å². The molecule has 0 spiro atoms. The van der Waals surface area contributed by atoms with E-state index in [4.69, 9.17) is 21.1 Å². The molecule has 0 saturated heterocycles. The lowest BCUT2D eigenvalue weighted by Crippen LogP contribution is -2.08. The number of benzene rings is 3. The molecule has 3 aromatic rings. The molecule has 0 aliphatic carbocycles. The van der Waals surface area contributed by atoms with Crippen LogP contribution >= 0.6 is 11.6 Å². The van der Waals surface area contributed by atoms with Crippen LogP contribution in [-0.2, 0) is 0 Å². The summed E-state index contributed by atoms with van der Waals surface area (Å²) in [6, 6.07) is 21.1. The van der Waals surface area contributed by atoms with E-state index in [-0.39, 0.29) is 0 Å². The van der Waals surface area contributed by atoms with E-state index in [9.17, 15) is 4.79 Å². The van der Waals surface area contributed by atoms with Crippen LogP contribution in [0.3, 0.4) is 0 Å². The van der Waals surface area contributed by atoms with E-state index in [0.29, 0.717) is 22.1 Å². The summed E-state index contributed by atoms with van der Waals surface area (Å²) in [6.45, 7) is 0. The first-order chi connectivity index (χ1) is 12.6. The summed E-state index contributed by atoms with van der Waals surface area (Å²) in [5, 5.41) is 0.639. The minimum atomic E-state index is -0.423. The maximum absolute atomic E-state index is 12.1. The highest BCUT2D eigenvalue weighted by molar-refractivity contribution is 6.30. The molecule has 0 radical (unpaired) electrons. The van der Waals surface area contributed by atoms with Crippen LogP contribution in [0.25, 0.3) is 0 Å². The monoisotopic (exact) mass is 365 g/mol. The highest BCUT2D eigenvalue weighted by Crippen LogP contribution is 2.19. The Morgan fingerprint density at radius 2 is 1.65 bits per heavy atom. The number of hydrogen-bond donors (Lipinski definition) is 0. The molecule has 130 valence electrons. The summed E-state index contributed by atoms with van der Waals surface area (Å²) in [5.41, 5.74) is 2.11. The number of methoxy groups -OCH3 is 1. The van der Waals surface area contributed by atoms with E-state index in [1.165, 1.54) is 0 Å². The van der Waals surface area contributed by atoms with Crippen LogP contribution < -0.4 is 9.47 Å². The quantitative estimate of drug-likeness (QED) is 0.349. The van der Waals surface area contributed by atoms with E-state index in [0.717, 1.165) is 11.3 Å². The van der Waals surface area contributed by atoms with Gasteiger partial charge in [0.1, 0.15) is 11.5 Å². The van der Waals surface area contributed by atoms with Crippen LogP contribution in [0.1, 0.15) is 15.9 Å². The number of halogens is 1. The lowest BCUT2D eigenvalue weighted by Gasteiger charge is -2.05. The zero-order valence-electron chi connectivity index (χ0n) is 14.1. The van der Waals surface area contributed by atoms with Crippen LogP contribution in [-0.4, -0.2) is 19.3 Å². The van der Waals surface area contributed by atoms with Gasteiger partial charge < -0.3 is 9.47 Å². The summed E-state index contributed by atoms with van der Waals surface area (Å²) in [4.78, 5) is 16.5. The number of nitrogens with zero attached hydrogens (tertiary/aromatic N) is 1. The molecule has 0 atom stereocenters. The van der Waals surface area contributed by atoms with Crippen molar-refractivity contribution in [2.75, 3.05) is 7.11 Å². The Balaban J connectivity index is 1.64. The average Bonchev–Trinajstić information content (AvgIpc) is 2.67. The summed E-state index contributed by atoms with van der Waals surface area (Å²) >= 11 is 5.93. The zero-order valence-corrected chi connectivity index (χ0v) is 14.8. The predicted octanol–water partition coefficient (Wildman–Crippen LogP) is 5.32. The molecule has 0 aliphatic heterocycles. The number of aliphatic imine (C=N–C) groups is 1. The third-order valence-corrected chi connectivity index (χ3v) is 3.82. The molecule has 0 amide bonds. The van der Waals surface area contributed by atoms with Gasteiger partial charge in [-0.15, -0.1) is 0 Å². The van der Waals surface area contributed by atoms with Gasteiger partial charge in [0, 0.05) is 11.2 Å². The molecule has 3 aromatic carbocycles. The Hall–Kier alpha value is -3.11. The van der Waals surface area contributed by atoms with Gasteiger partial charge in [0.25, 0.3) is 0 Å². The number of rotatable bonds is 5. The van der Waals surface area contributed by atoms with E-state index in [1.807, 2.05) is 24.3 Å². The van der Waals surface area contributed by atoms with Gasteiger partial charge in [-0.1, -0.05) is 17.7 Å². The second-order valence-electron chi connectivity index (χ2n) is 5.43. The van der Waals surface area contributed by atoms with Crippen LogP contribution in [0, 0.1) is 0 Å². The second kappa shape index (κ2) is 8.32. The predicted molar refractivity (Wildman–Crippen MR) is 103 cm³/mol. The molecule has 26 heavy (non-hydrogen) atoms. The Morgan fingerprint density at radius 3 is 2.31 bits per heavy atom. The largest absolute Gasteiger partial charge is 0.497 e. The SMILES string of the molecule is COc1ccc(C(=O)Oc2ccc(C=Nc3cccc(Cl)c3)cc2)cc1. The molecular formula is C21H16ClNO3. The summed E-state index contributed by atoms with van der Waals surface area (Å²) in [7, 11) is 1.57. The smallest absolute Gasteiger partial charge is 0.343 e. The molecule has 0 N–H and O–H groups in total. The maximum Gasteiger partial charge on any atom is 0.343 e. The van der Waals surface area contributed by atoms with Crippen molar-refractivity contribution >= 4 is 29.5 Å². The third-order valence-electron chi connectivity index (χ3n) is 3.59. The lowest BCUT2D eigenvalue weighted by atomic mass is 10.2.